The minimum absolute atomic E-state index is 0.0801. The number of primary sulfonamides is 1. The van der Waals surface area contributed by atoms with Crippen LogP contribution in [0.4, 0.5) is 17.6 Å². The van der Waals surface area contributed by atoms with Crippen molar-refractivity contribution in [3.8, 4) is 11.1 Å². The molecule has 0 fully saturated rings. The van der Waals surface area contributed by atoms with Gasteiger partial charge in [0.1, 0.15) is 5.82 Å². The Morgan fingerprint density at radius 1 is 1.05 bits per heavy atom. The number of alkyl halides is 3. The molecule has 22 heavy (non-hydrogen) atoms. The van der Waals surface area contributed by atoms with Crippen LogP contribution in [-0.4, -0.2) is 8.42 Å². The third-order valence-electron chi connectivity index (χ3n) is 2.85. The fourth-order valence-electron chi connectivity index (χ4n) is 1.82. The van der Waals surface area contributed by atoms with Crippen LogP contribution in [0.5, 0.6) is 0 Å². The molecule has 3 nitrogen and oxygen atoms in total. The lowest BCUT2D eigenvalue weighted by atomic mass is 10.0. The van der Waals surface area contributed by atoms with Crippen LogP contribution in [0.15, 0.2) is 41.3 Å². The van der Waals surface area contributed by atoms with E-state index < -0.39 is 37.5 Å². The summed E-state index contributed by atoms with van der Waals surface area (Å²) in [6, 6.07) is 5.58. The van der Waals surface area contributed by atoms with Gasteiger partial charge in [-0.3, -0.25) is 0 Å². The van der Waals surface area contributed by atoms with Gasteiger partial charge in [0.15, 0.2) is 0 Å². The molecule has 2 N–H and O–H groups in total. The van der Waals surface area contributed by atoms with E-state index >= 15 is 0 Å². The van der Waals surface area contributed by atoms with Crippen molar-refractivity contribution >= 4 is 21.6 Å². The van der Waals surface area contributed by atoms with Crippen LogP contribution in [0, 0.1) is 5.82 Å². The van der Waals surface area contributed by atoms with Gasteiger partial charge >= 0.3 is 6.18 Å². The van der Waals surface area contributed by atoms with Gasteiger partial charge in [0.05, 0.1) is 15.5 Å². The average molecular weight is 354 g/mol. The monoisotopic (exact) mass is 353 g/mol. The SMILES string of the molecule is NS(=O)(=O)c1ccc(-c2ccc(C(F)(F)F)c(Cl)c2)c(F)c1. The molecular weight excluding hydrogens is 346 g/mol. The van der Waals surface area contributed by atoms with Crippen LogP contribution in [0.3, 0.4) is 0 Å². The zero-order valence-corrected chi connectivity index (χ0v) is 12.2. The highest BCUT2D eigenvalue weighted by Crippen LogP contribution is 2.37. The third kappa shape index (κ3) is 3.40. The van der Waals surface area contributed by atoms with Gasteiger partial charge < -0.3 is 0 Å². The third-order valence-corrected chi connectivity index (χ3v) is 4.08. The molecule has 0 amide bonds. The lowest BCUT2D eigenvalue weighted by Crippen LogP contribution is -2.12. The number of halogens is 5. The van der Waals surface area contributed by atoms with E-state index in [1.807, 2.05) is 0 Å². The molecule has 0 aliphatic rings. The quantitative estimate of drug-likeness (QED) is 0.834. The summed E-state index contributed by atoms with van der Waals surface area (Å²) < 4.78 is 74.0. The number of hydrogen-bond donors (Lipinski definition) is 1. The molecule has 0 radical (unpaired) electrons. The fourth-order valence-corrected chi connectivity index (χ4v) is 2.63. The zero-order chi connectivity index (χ0) is 16.7. The number of benzene rings is 2. The maximum absolute atomic E-state index is 13.9. The lowest BCUT2D eigenvalue weighted by Gasteiger charge is -2.11. The summed E-state index contributed by atoms with van der Waals surface area (Å²) in [5, 5.41) is 4.28. The van der Waals surface area contributed by atoms with Crippen molar-refractivity contribution in [2.24, 2.45) is 5.14 Å². The molecule has 2 rings (SSSR count). The zero-order valence-electron chi connectivity index (χ0n) is 10.7. The van der Waals surface area contributed by atoms with Crippen molar-refractivity contribution in [3.05, 3.63) is 52.8 Å². The summed E-state index contributed by atoms with van der Waals surface area (Å²) in [6.45, 7) is 0. The first-order valence-electron chi connectivity index (χ1n) is 5.69. The second-order valence-corrected chi connectivity index (χ2v) is 6.35. The molecular formula is C13H8ClF4NO2S. The second kappa shape index (κ2) is 5.53. The van der Waals surface area contributed by atoms with Crippen LogP contribution >= 0.6 is 11.6 Å². The van der Waals surface area contributed by atoms with Gasteiger partial charge in [-0.25, -0.2) is 17.9 Å². The van der Waals surface area contributed by atoms with Crippen molar-refractivity contribution < 1.29 is 26.0 Å². The van der Waals surface area contributed by atoms with E-state index in [0.29, 0.717) is 6.07 Å². The van der Waals surface area contributed by atoms with E-state index in [1.165, 1.54) is 0 Å². The molecule has 0 saturated heterocycles. The Bertz CT molecular complexity index is 834. The smallest absolute Gasteiger partial charge is 0.225 e. The van der Waals surface area contributed by atoms with E-state index in [4.69, 9.17) is 16.7 Å². The highest BCUT2D eigenvalue weighted by molar-refractivity contribution is 7.89. The molecule has 0 bridgehead atoms. The van der Waals surface area contributed by atoms with Crippen molar-refractivity contribution in [3.63, 3.8) is 0 Å². The summed E-state index contributed by atoms with van der Waals surface area (Å²) in [7, 11) is -4.07. The minimum atomic E-state index is -4.62. The van der Waals surface area contributed by atoms with Gasteiger partial charge in [0, 0.05) is 5.56 Å². The molecule has 118 valence electrons. The maximum atomic E-state index is 13.9. The first-order valence-corrected chi connectivity index (χ1v) is 7.62. The van der Waals surface area contributed by atoms with Crippen LogP contribution in [-0.2, 0) is 16.2 Å². The van der Waals surface area contributed by atoms with E-state index in [9.17, 15) is 26.0 Å². The highest BCUT2D eigenvalue weighted by Gasteiger charge is 2.33. The van der Waals surface area contributed by atoms with Crippen molar-refractivity contribution in [2.45, 2.75) is 11.1 Å². The summed E-state index contributed by atoms with van der Waals surface area (Å²) in [5.74, 6) is -0.942. The largest absolute Gasteiger partial charge is 0.417 e. The molecule has 2 aromatic carbocycles. The second-order valence-electron chi connectivity index (χ2n) is 4.38. The molecule has 0 aliphatic heterocycles. The molecule has 2 aromatic rings. The predicted octanol–water partition coefficient (Wildman–Crippen LogP) is 3.81. The molecule has 0 saturated carbocycles. The average Bonchev–Trinajstić information content (AvgIpc) is 2.35. The molecule has 0 atom stereocenters. The van der Waals surface area contributed by atoms with E-state index in [2.05, 4.69) is 0 Å². The summed E-state index contributed by atoms with van der Waals surface area (Å²) >= 11 is 5.56. The normalized spacial score (nSPS) is 12.5. The maximum Gasteiger partial charge on any atom is 0.417 e. The first kappa shape index (κ1) is 16.7. The van der Waals surface area contributed by atoms with Gasteiger partial charge in [-0.1, -0.05) is 23.7 Å². The van der Waals surface area contributed by atoms with E-state index in [-0.39, 0.29) is 11.1 Å². The van der Waals surface area contributed by atoms with Gasteiger partial charge in [-0.2, -0.15) is 13.2 Å². The minimum Gasteiger partial charge on any atom is -0.225 e. The van der Waals surface area contributed by atoms with E-state index in [1.54, 1.807) is 0 Å². The van der Waals surface area contributed by atoms with Crippen LogP contribution in [0.2, 0.25) is 5.02 Å². The number of hydrogen-bond acceptors (Lipinski definition) is 2. The molecule has 0 aromatic heterocycles. The summed E-state index contributed by atoms with van der Waals surface area (Å²) in [4.78, 5) is -0.438. The Morgan fingerprint density at radius 3 is 2.14 bits per heavy atom. The molecule has 0 spiro atoms. The Morgan fingerprint density at radius 2 is 1.68 bits per heavy atom. The topological polar surface area (TPSA) is 60.2 Å². The highest BCUT2D eigenvalue weighted by atomic mass is 35.5. The lowest BCUT2D eigenvalue weighted by molar-refractivity contribution is -0.137. The summed E-state index contributed by atoms with van der Waals surface area (Å²) in [5.41, 5.74) is -1.06. The number of sulfonamides is 1. The standard InChI is InChI=1S/C13H8ClF4NO2S/c14-11-5-7(1-4-10(11)13(16,17)18)9-3-2-8(6-12(9)15)22(19,20)21/h1-6H,(H2,19,20,21). The van der Waals surface area contributed by atoms with Gasteiger partial charge in [0.25, 0.3) is 0 Å². The van der Waals surface area contributed by atoms with Crippen molar-refractivity contribution in [2.75, 3.05) is 0 Å². The number of rotatable bonds is 2. The first-order chi connectivity index (χ1) is 10.00. The summed E-state index contributed by atoms with van der Waals surface area (Å²) in [6.07, 6.45) is -4.62. The molecule has 0 aliphatic carbocycles. The fraction of sp³-hybridized carbons (Fsp3) is 0.0769. The van der Waals surface area contributed by atoms with Crippen molar-refractivity contribution in [1.29, 1.82) is 0 Å². The van der Waals surface area contributed by atoms with E-state index in [0.717, 1.165) is 30.3 Å². The molecule has 9 heteroatoms. The Labute approximate surface area is 128 Å². The van der Waals surface area contributed by atoms with Gasteiger partial charge in [-0.05, 0) is 29.8 Å². The van der Waals surface area contributed by atoms with Crippen LogP contribution in [0.25, 0.3) is 11.1 Å². The predicted molar refractivity (Wildman–Crippen MR) is 73.2 cm³/mol. The van der Waals surface area contributed by atoms with Crippen molar-refractivity contribution in [1.82, 2.24) is 0 Å². The van der Waals surface area contributed by atoms with Gasteiger partial charge in [0.2, 0.25) is 10.0 Å². The number of nitrogens with two attached hydrogens (primary N) is 1. The Balaban J connectivity index is 2.52. The van der Waals surface area contributed by atoms with Gasteiger partial charge in [-0.15, -0.1) is 0 Å². The Hall–Kier alpha value is -1.64. The van der Waals surface area contributed by atoms with Crippen LogP contribution < -0.4 is 5.14 Å². The van der Waals surface area contributed by atoms with Crippen LogP contribution in [0.1, 0.15) is 5.56 Å². The Kier molecular flexibility index (Phi) is 4.20. The molecule has 0 heterocycles. The molecule has 0 unspecified atom stereocenters.